The molecule has 0 spiro atoms. The number of phenolic OH excluding ortho intramolecular Hbond substituents is 1. The predicted molar refractivity (Wildman–Crippen MR) is 92.5 cm³/mol. The number of hydrogen-bond acceptors (Lipinski definition) is 9. The molecule has 26 heavy (non-hydrogen) atoms. The number of guanidine groups is 1. The summed E-state index contributed by atoms with van der Waals surface area (Å²) in [6.45, 7) is 0. The van der Waals surface area contributed by atoms with Gasteiger partial charge in [0.05, 0.1) is 16.3 Å². The molecule has 0 amide bonds. The summed E-state index contributed by atoms with van der Waals surface area (Å²) in [6.07, 6.45) is 1.66. The number of hydrogen-bond donors (Lipinski definition) is 5. The minimum atomic E-state index is -1.22. The molecule has 1 aliphatic heterocycles. The van der Waals surface area contributed by atoms with Crippen molar-refractivity contribution < 1.29 is 9.50 Å². The molecule has 0 saturated carbocycles. The van der Waals surface area contributed by atoms with Crippen LogP contribution < -0.4 is 22.1 Å². The first-order chi connectivity index (χ1) is 12.4. The standard InChI is InChI=1S/C15H10ClFN8O/c16-6-1-2-7(26)8(10(6)17)12-9-11(20)5(3-18)13(21)24-14(9)25-15(23-12)22-4-19/h1-2,12,26H,(H6,20,21,22,23,24,25). The fourth-order valence-corrected chi connectivity index (χ4v) is 2.77. The summed E-state index contributed by atoms with van der Waals surface area (Å²) in [4.78, 5) is 8.19. The number of nitrogen functional groups attached to an aromatic ring is 2. The quantitative estimate of drug-likeness (QED) is 0.371. The number of rotatable bonds is 1. The zero-order chi connectivity index (χ0) is 19.0. The summed E-state index contributed by atoms with van der Waals surface area (Å²) in [5, 5.41) is 32.9. The van der Waals surface area contributed by atoms with E-state index in [4.69, 9.17) is 28.3 Å². The van der Waals surface area contributed by atoms with Gasteiger partial charge in [0.15, 0.2) is 12.0 Å². The minimum Gasteiger partial charge on any atom is -0.507 e. The Morgan fingerprint density at radius 2 is 2.04 bits per heavy atom. The van der Waals surface area contributed by atoms with E-state index in [1.807, 2.05) is 6.07 Å². The molecule has 1 aromatic heterocycles. The number of nitrogens with two attached hydrogens (primary N) is 2. The number of aromatic nitrogens is 1. The van der Waals surface area contributed by atoms with Crippen molar-refractivity contribution in [2.24, 2.45) is 4.99 Å². The number of benzene rings is 1. The van der Waals surface area contributed by atoms with Crippen molar-refractivity contribution in [2.75, 3.05) is 16.8 Å². The number of aliphatic imine (C=N–C) groups is 1. The zero-order valence-electron chi connectivity index (χ0n) is 12.9. The van der Waals surface area contributed by atoms with Crippen LogP contribution in [0, 0.1) is 28.6 Å². The van der Waals surface area contributed by atoms with Crippen LogP contribution in [0.2, 0.25) is 5.02 Å². The molecule has 3 rings (SSSR count). The molecule has 0 fully saturated rings. The molecular formula is C15H10ClFN8O. The Morgan fingerprint density at radius 1 is 1.31 bits per heavy atom. The topological polar surface area (TPSA) is 169 Å². The van der Waals surface area contributed by atoms with Gasteiger partial charge in [-0.15, -0.1) is 0 Å². The lowest BCUT2D eigenvalue weighted by Crippen LogP contribution is -2.33. The average Bonchev–Trinajstić information content (AvgIpc) is 2.58. The lowest BCUT2D eigenvalue weighted by Gasteiger charge is -2.26. The molecule has 1 aromatic carbocycles. The van der Waals surface area contributed by atoms with Gasteiger partial charge in [-0.1, -0.05) is 11.6 Å². The lowest BCUT2D eigenvalue weighted by atomic mass is 9.94. The number of pyridine rings is 1. The Labute approximate surface area is 151 Å². The van der Waals surface area contributed by atoms with Crippen LogP contribution in [0.3, 0.4) is 0 Å². The van der Waals surface area contributed by atoms with Gasteiger partial charge >= 0.3 is 0 Å². The second kappa shape index (κ2) is 6.27. The van der Waals surface area contributed by atoms with Gasteiger partial charge in [-0.05, 0) is 12.1 Å². The van der Waals surface area contributed by atoms with Crippen LogP contribution >= 0.6 is 11.6 Å². The third-order valence-corrected chi connectivity index (χ3v) is 4.03. The van der Waals surface area contributed by atoms with E-state index in [2.05, 4.69) is 20.6 Å². The first-order valence-electron chi connectivity index (χ1n) is 7.04. The number of nitrogens with zero attached hydrogens (tertiary/aromatic N) is 4. The molecule has 130 valence electrons. The summed E-state index contributed by atoms with van der Waals surface area (Å²) < 4.78 is 14.6. The minimum absolute atomic E-state index is 0.0653. The summed E-state index contributed by atoms with van der Waals surface area (Å²) in [5.41, 5.74) is 11.4. The van der Waals surface area contributed by atoms with E-state index in [0.29, 0.717) is 0 Å². The Balaban J connectivity index is 2.35. The second-order valence-electron chi connectivity index (χ2n) is 5.20. The van der Waals surface area contributed by atoms with Crippen LogP contribution in [0.25, 0.3) is 0 Å². The van der Waals surface area contributed by atoms with Crippen LogP contribution in [0.1, 0.15) is 22.7 Å². The smallest absolute Gasteiger partial charge is 0.211 e. The van der Waals surface area contributed by atoms with E-state index in [9.17, 15) is 14.8 Å². The third-order valence-electron chi connectivity index (χ3n) is 3.74. The highest BCUT2D eigenvalue weighted by molar-refractivity contribution is 6.30. The van der Waals surface area contributed by atoms with Crippen LogP contribution in [0.4, 0.5) is 21.7 Å². The molecule has 1 aliphatic rings. The van der Waals surface area contributed by atoms with Crippen molar-refractivity contribution in [2.45, 2.75) is 6.04 Å². The highest BCUT2D eigenvalue weighted by Crippen LogP contribution is 2.44. The van der Waals surface area contributed by atoms with Crippen molar-refractivity contribution >= 4 is 34.9 Å². The molecule has 7 N–H and O–H groups in total. The normalized spacial score (nSPS) is 15.1. The van der Waals surface area contributed by atoms with E-state index in [-0.39, 0.29) is 45.0 Å². The Bertz CT molecular complexity index is 1040. The molecular weight excluding hydrogens is 363 g/mol. The van der Waals surface area contributed by atoms with Gasteiger partial charge < -0.3 is 21.9 Å². The number of fused-ring (bicyclic) bond motifs is 1. The summed E-state index contributed by atoms with van der Waals surface area (Å²) in [5.74, 6) is -1.50. The number of aromatic hydroxyl groups is 1. The van der Waals surface area contributed by atoms with Crippen LogP contribution in [-0.4, -0.2) is 16.1 Å². The highest BCUT2D eigenvalue weighted by Gasteiger charge is 2.33. The lowest BCUT2D eigenvalue weighted by molar-refractivity contribution is 0.454. The first kappa shape index (κ1) is 17.1. The van der Waals surface area contributed by atoms with E-state index in [0.717, 1.165) is 0 Å². The van der Waals surface area contributed by atoms with Gasteiger partial charge in [-0.3, -0.25) is 5.32 Å². The van der Waals surface area contributed by atoms with Gasteiger partial charge in [0.2, 0.25) is 5.96 Å². The van der Waals surface area contributed by atoms with Crippen LogP contribution in [-0.2, 0) is 0 Å². The van der Waals surface area contributed by atoms with Gasteiger partial charge in [-0.2, -0.15) is 10.5 Å². The molecule has 0 bridgehead atoms. The van der Waals surface area contributed by atoms with E-state index >= 15 is 0 Å². The van der Waals surface area contributed by atoms with E-state index in [1.165, 1.54) is 12.1 Å². The summed E-state index contributed by atoms with van der Waals surface area (Å²) in [7, 11) is 0. The summed E-state index contributed by atoms with van der Waals surface area (Å²) >= 11 is 5.82. The molecule has 1 unspecified atom stereocenters. The Hall–Kier alpha value is -3.76. The fourth-order valence-electron chi connectivity index (χ4n) is 2.61. The molecule has 9 nitrogen and oxygen atoms in total. The monoisotopic (exact) mass is 372 g/mol. The highest BCUT2D eigenvalue weighted by atomic mass is 35.5. The summed E-state index contributed by atoms with van der Waals surface area (Å²) in [6, 6.07) is 2.98. The van der Waals surface area contributed by atoms with Crippen molar-refractivity contribution in [3.05, 3.63) is 39.7 Å². The van der Waals surface area contributed by atoms with Gasteiger partial charge in [0, 0.05) is 5.56 Å². The predicted octanol–water partition coefficient (Wildman–Crippen LogP) is 1.56. The SMILES string of the molecule is N#CNC1=NC(c2c(O)ccc(Cl)c2F)c2c(nc(N)c(C#N)c2N)N1. The van der Waals surface area contributed by atoms with Crippen molar-refractivity contribution in [3.8, 4) is 18.0 Å². The molecule has 0 saturated heterocycles. The van der Waals surface area contributed by atoms with Crippen molar-refractivity contribution in [3.63, 3.8) is 0 Å². The fraction of sp³-hybridized carbons (Fsp3) is 0.0667. The van der Waals surface area contributed by atoms with Gasteiger partial charge in [-0.25, -0.2) is 14.4 Å². The van der Waals surface area contributed by atoms with Gasteiger partial charge in [0.25, 0.3) is 0 Å². The maximum atomic E-state index is 14.6. The molecule has 0 radical (unpaired) electrons. The number of phenols is 1. The van der Waals surface area contributed by atoms with E-state index < -0.39 is 17.6 Å². The molecule has 11 heteroatoms. The first-order valence-corrected chi connectivity index (χ1v) is 7.42. The largest absolute Gasteiger partial charge is 0.507 e. The van der Waals surface area contributed by atoms with Crippen LogP contribution in [0.15, 0.2) is 17.1 Å². The second-order valence-corrected chi connectivity index (χ2v) is 5.60. The zero-order valence-corrected chi connectivity index (χ0v) is 13.6. The van der Waals surface area contributed by atoms with E-state index in [1.54, 1.807) is 6.19 Å². The van der Waals surface area contributed by atoms with Gasteiger partial charge in [0.1, 0.15) is 35.1 Å². The van der Waals surface area contributed by atoms with Crippen LogP contribution in [0.5, 0.6) is 5.75 Å². The molecule has 2 heterocycles. The number of anilines is 3. The molecule has 2 aromatic rings. The maximum Gasteiger partial charge on any atom is 0.211 e. The Kier molecular flexibility index (Phi) is 4.12. The number of nitrogens with one attached hydrogen (secondary N) is 2. The molecule has 1 atom stereocenters. The number of halogens is 2. The van der Waals surface area contributed by atoms with Crippen molar-refractivity contribution in [1.29, 1.82) is 10.5 Å². The Morgan fingerprint density at radius 3 is 2.69 bits per heavy atom. The number of nitriles is 2. The maximum absolute atomic E-state index is 14.6. The average molecular weight is 373 g/mol. The third kappa shape index (κ3) is 2.55. The molecule has 0 aliphatic carbocycles. The van der Waals surface area contributed by atoms with Crippen molar-refractivity contribution in [1.82, 2.24) is 10.3 Å².